The summed E-state index contributed by atoms with van der Waals surface area (Å²) >= 11 is 0. The number of aliphatic carboxylic acids is 1. The van der Waals surface area contributed by atoms with E-state index in [0.29, 0.717) is 19.4 Å². The Morgan fingerprint density at radius 3 is 2.16 bits per heavy atom. The smallest absolute Gasteiger partial charge is 0.307 e. The summed E-state index contributed by atoms with van der Waals surface area (Å²) in [6, 6.07) is -2.33. The van der Waals surface area contributed by atoms with Crippen molar-refractivity contribution in [3.63, 3.8) is 0 Å². The molecule has 2 rings (SSSR count). The zero-order valence-corrected chi connectivity index (χ0v) is 29.6. The van der Waals surface area contributed by atoms with Gasteiger partial charge < -0.3 is 31.3 Å². The van der Waals surface area contributed by atoms with Gasteiger partial charge in [0.25, 0.3) is 0 Å². The molecule has 2 aliphatic rings. The molecule has 0 aromatic carbocycles. The van der Waals surface area contributed by atoms with E-state index in [9.17, 15) is 48.9 Å². The Labute approximate surface area is 288 Å². The Bertz CT molecular complexity index is 1330. The first-order chi connectivity index (χ1) is 22.8. The summed E-state index contributed by atoms with van der Waals surface area (Å²) in [7, 11) is 0. The second-order valence-electron chi connectivity index (χ2n) is 14.4. The number of carbonyl (C=O) groups excluding carboxylic acids is 6. The van der Waals surface area contributed by atoms with Gasteiger partial charge in [-0.05, 0) is 50.9 Å². The molecule has 1 aliphatic carbocycles. The van der Waals surface area contributed by atoms with Gasteiger partial charge in [-0.2, -0.15) is 0 Å². The van der Waals surface area contributed by atoms with Crippen molar-refractivity contribution in [1.29, 1.82) is 0 Å². The number of aliphatic imine (C=N–C) groups is 1. The van der Waals surface area contributed by atoms with Crippen molar-refractivity contribution in [3.05, 3.63) is 11.3 Å². The maximum atomic E-state index is 13.8. The first-order valence-corrected chi connectivity index (χ1v) is 17.1. The number of carboxylic acid groups (broad SMARTS) is 1. The summed E-state index contributed by atoms with van der Waals surface area (Å²) in [4.78, 5) is 94.9. The fourth-order valence-corrected chi connectivity index (χ4v) is 6.15. The molecule has 3 amide bonds. The van der Waals surface area contributed by atoms with Crippen LogP contribution in [0, 0.1) is 23.2 Å². The first kappa shape index (κ1) is 41.2. The summed E-state index contributed by atoms with van der Waals surface area (Å²) in [5, 5.41) is 38.9. The molecule has 0 saturated carbocycles. The summed E-state index contributed by atoms with van der Waals surface area (Å²) in [5.74, 6) is -7.07. The molecule has 0 aromatic rings. The molecule has 1 saturated heterocycles. The zero-order chi connectivity index (χ0) is 37.1. The first-order valence-electron chi connectivity index (χ1n) is 17.1. The number of ketones is 3. The molecule has 0 bridgehead atoms. The SMILES string of the molecule is CC(=N[C@H]1CCCCNC(=O)CCNC(=O)CC[C@@H](C(=O)C[C@H](C(=O)O)C(C)C)NC(=O)[C@H](C(C)O)CC1=O)C1=C(O)CC(C)(C)CC1=O. The lowest BCUT2D eigenvalue weighted by Crippen LogP contribution is -2.48. The van der Waals surface area contributed by atoms with Crippen molar-refractivity contribution in [1.82, 2.24) is 16.0 Å². The molecule has 14 heteroatoms. The van der Waals surface area contributed by atoms with Crippen LogP contribution in [0.5, 0.6) is 0 Å². The van der Waals surface area contributed by atoms with Gasteiger partial charge in [0, 0.05) is 57.3 Å². The van der Waals surface area contributed by atoms with Gasteiger partial charge in [0.15, 0.2) is 17.3 Å². The minimum atomic E-state index is -1.34. The number of allylic oxidation sites excluding steroid dienone is 2. The van der Waals surface area contributed by atoms with E-state index in [1.165, 1.54) is 13.8 Å². The lowest BCUT2D eigenvalue weighted by Gasteiger charge is -2.29. The zero-order valence-electron chi connectivity index (χ0n) is 29.6. The van der Waals surface area contributed by atoms with Crippen LogP contribution in [0.3, 0.4) is 0 Å². The monoisotopic (exact) mass is 690 g/mol. The van der Waals surface area contributed by atoms with E-state index < -0.39 is 83.5 Å². The third-order valence-electron chi connectivity index (χ3n) is 9.08. The number of hydrogen-bond donors (Lipinski definition) is 6. The highest BCUT2D eigenvalue weighted by Gasteiger charge is 2.36. The fraction of sp³-hybridized carbons (Fsp3) is 0.714. The number of Topliss-reactive ketones (excluding diaryl/α,β-unsaturated/α-hetero) is 3. The van der Waals surface area contributed by atoms with Crippen molar-refractivity contribution in [2.45, 2.75) is 124 Å². The summed E-state index contributed by atoms with van der Waals surface area (Å²) in [6.07, 6.45) is -1.06. The van der Waals surface area contributed by atoms with Gasteiger partial charge in [-0.1, -0.05) is 27.7 Å². The number of rotatable bonds is 8. The predicted molar refractivity (Wildman–Crippen MR) is 181 cm³/mol. The fourth-order valence-electron chi connectivity index (χ4n) is 6.15. The van der Waals surface area contributed by atoms with Gasteiger partial charge >= 0.3 is 5.97 Å². The van der Waals surface area contributed by atoms with Crippen LogP contribution >= 0.6 is 0 Å². The molecule has 1 heterocycles. The molecule has 49 heavy (non-hydrogen) atoms. The number of nitrogens with zero attached hydrogens (tertiary/aromatic N) is 1. The topological polar surface area (TPSA) is 229 Å². The number of amides is 3. The molecule has 14 nitrogen and oxygen atoms in total. The molecule has 6 N–H and O–H groups in total. The average molecular weight is 691 g/mol. The van der Waals surface area contributed by atoms with Crippen LogP contribution in [0.25, 0.3) is 0 Å². The highest BCUT2D eigenvalue weighted by molar-refractivity contribution is 6.22. The number of aliphatic hydroxyl groups excluding tert-OH is 2. The highest BCUT2D eigenvalue weighted by Crippen LogP contribution is 2.36. The highest BCUT2D eigenvalue weighted by atomic mass is 16.4. The van der Waals surface area contributed by atoms with Crippen molar-refractivity contribution < 1.29 is 48.9 Å². The second-order valence-corrected chi connectivity index (χ2v) is 14.4. The quantitative estimate of drug-likeness (QED) is 0.204. The van der Waals surface area contributed by atoms with Gasteiger partial charge in [-0.25, -0.2) is 0 Å². The van der Waals surface area contributed by atoms with Crippen molar-refractivity contribution >= 4 is 46.8 Å². The van der Waals surface area contributed by atoms with Gasteiger partial charge in [0.1, 0.15) is 11.8 Å². The Morgan fingerprint density at radius 1 is 0.939 bits per heavy atom. The van der Waals surface area contributed by atoms with Crippen LogP contribution in [0.2, 0.25) is 0 Å². The largest absolute Gasteiger partial charge is 0.511 e. The van der Waals surface area contributed by atoms with Crippen LogP contribution in [-0.2, 0) is 33.6 Å². The van der Waals surface area contributed by atoms with E-state index >= 15 is 0 Å². The minimum Gasteiger partial charge on any atom is -0.511 e. The van der Waals surface area contributed by atoms with Gasteiger partial charge in [-0.3, -0.25) is 38.6 Å². The lowest BCUT2D eigenvalue weighted by molar-refractivity contribution is -0.146. The third kappa shape index (κ3) is 13.1. The molecule has 1 unspecified atom stereocenters. The lowest BCUT2D eigenvalue weighted by atomic mass is 9.75. The Balaban J connectivity index is 2.45. The summed E-state index contributed by atoms with van der Waals surface area (Å²) in [6.45, 7) is 10.2. The number of nitrogens with one attached hydrogen (secondary N) is 3. The van der Waals surface area contributed by atoms with Crippen LogP contribution in [0.1, 0.15) is 106 Å². The molecular weight excluding hydrogens is 636 g/mol. The van der Waals surface area contributed by atoms with E-state index in [1.54, 1.807) is 13.8 Å². The van der Waals surface area contributed by atoms with Gasteiger partial charge in [0.05, 0.1) is 29.6 Å². The number of aliphatic hydroxyl groups is 2. The molecule has 0 spiro atoms. The predicted octanol–water partition coefficient (Wildman–Crippen LogP) is 2.36. The Kier molecular flexibility index (Phi) is 15.8. The maximum Gasteiger partial charge on any atom is 0.307 e. The molecule has 1 fully saturated rings. The van der Waals surface area contributed by atoms with Crippen molar-refractivity contribution in [3.8, 4) is 0 Å². The van der Waals surface area contributed by atoms with Crippen LogP contribution < -0.4 is 16.0 Å². The van der Waals surface area contributed by atoms with Gasteiger partial charge in [0.2, 0.25) is 17.7 Å². The normalized spacial score (nSPS) is 25.7. The number of carboxylic acids is 1. The number of carbonyl (C=O) groups is 7. The third-order valence-corrected chi connectivity index (χ3v) is 9.08. The molecule has 0 radical (unpaired) electrons. The molecule has 5 atom stereocenters. The standard InChI is InChI=1S/C35H54N4O10/c1-19(2)22(34(48)49)15-26(41)25-10-11-30(45)37-14-12-31(46)36-13-8-7-9-24(27(42)16-23(21(4)40)33(47)39-25)38-20(3)32-28(43)17-35(5,6)18-29(32)44/h19,21-25,40,43H,7-18H2,1-6H3,(H,36,46)(H,37,45)(H,39,47)(H,48,49)/t21?,22-,23-,24-,25-/m0/s1. The summed E-state index contributed by atoms with van der Waals surface area (Å²) < 4.78 is 0. The Morgan fingerprint density at radius 2 is 1.57 bits per heavy atom. The van der Waals surface area contributed by atoms with Crippen molar-refractivity contribution in [2.24, 2.45) is 28.2 Å². The van der Waals surface area contributed by atoms with Crippen LogP contribution in [0.4, 0.5) is 0 Å². The minimum absolute atomic E-state index is 0.00359. The van der Waals surface area contributed by atoms with E-state index in [1.807, 2.05) is 13.8 Å². The van der Waals surface area contributed by atoms with E-state index in [-0.39, 0.29) is 73.8 Å². The van der Waals surface area contributed by atoms with E-state index in [4.69, 9.17) is 0 Å². The maximum absolute atomic E-state index is 13.8. The van der Waals surface area contributed by atoms with Gasteiger partial charge in [-0.15, -0.1) is 0 Å². The molecular formula is C35H54N4O10. The average Bonchev–Trinajstić information content (AvgIpc) is 2.97. The number of hydrogen-bond acceptors (Lipinski definition) is 10. The Hall–Kier alpha value is -3.94. The summed E-state index contributed by atoms with van der Waals surface area (Å²) in [5.41, 5.74) is -0.194. The van der Waals surface area contributed by atoms with E-state index in [0.717, 1.165) is 0 Å². The van der Waals surface area contributed by atoms with Crippen molar-refractivity contribution in [2.75, 3.05) is 13.1 Å². The van der Waals surface area contributed by atoms with Crippen LogP contribution in [0.15, 0.2) is 16.3 Å². The molecule has 274 valence electrons. The molecule has 1 aliphatic heterocycles. The van der Waals surface area contributed by atoms with E-state index in [2.05, 4.69) is 20.9 Å². The molecule has 0 aromatic heterocycles. The second kappa shape index (κ2) is 18.7. The van der Waals surface area contributed by atoms with Crippen LogP contribution in [-0.4, -0.2) is 93.3 Å².